The van der Waals surface area contributed by atoms with E-state index in [1.54, 1.807) is 0 Å². The molecule has 1 aliphatic rings. The fourth-order valence-electron chi connectivity index (χ4n) is 2.44. The number of nitrogens with one attached hydrogen (secondary N) is 1. The van der Waals surface area contributed by atoms with E-state index in [0.29, 0.717) is 22.6 Å². The van der Waals surface area contributed by atoms with Crippen LogP contribution in [0.5, 0.6) is 0 Å². The molecular weight excluding hydrogens is 280 g/mol. The second-order valence-corrected chi connectivity index (χ2v) is 5.70. The number of fused-ring (bicyclic) bond motifs is 1. The van der Waals surface area contributed by atoms with Crippen LogP contribution in [0.2, 0.25) is 0 Å². The fraction of sp³-hybridized carbons (Fsp3) is 0.462. The zero-order chi connectivity index (χ0) is 14.1. The quantitative estimate of drug-likeness (QED) is 0.891. The molecule has 0 aromatic carbocycles. The number of H-pyrrole nitrogens is 1. The Morgan fingerprint density at radius 2 is 2.45 bits per heavy atom. The second kappa shape index (κ2) is 5.34. The SMILES string of the molecule is O=C(O)CCc1nc2scc(C3CCOC3)c2c(=O)[nH]1. The van der Waals surface area contributed by atoms with E-state index in [4.69, 9.17) is 9.84 Å². The molecule has 0 aliphatic carbocycles. The number of carboxylic acid groups (broad SMARTS) is 1. The molecule has 0 saturated carbocycles. The average molecular weight is 294 g/mol. The molecule has 20 heavy (non-hydrogen) atoms. The number of hydrogen-bond acceptors (Lipinski definition) is 5. The van der Waals surface area contributed by atoms with Crippen molar-refractivity contribution in [1.29, 1.82) is 0 Å². The normalized spacial score (nSPS) is 18.7. The summed E-state index contributed by atoms with van der Waals surface area (Å²) < 4.78 is 5.37. The molecule has 1 unspecified atom stereocenters. The topological polar surface area (TPSA) is 92.3 Å². The van der Waals surface area contributed by atoms with E-state index in [9.17, 15) is 9.59 Å². The van der Waals surface area contributed by atoms with E-state index in [1.165, 1.54) is 11.3 Å². The number of carbonyl (C=O) groups is 1. The molecule has 2 aromatic rings. The first-order chi connectivity index (χ1) is 9.65. The average Bonchev–Trinajstić information content (AvgIpc) is 3.04. The lowest BCUT2D eigenvalue weighted by Gasteiger charge is -2.05. The molecule has 1 saturated heterocycles. The van der Waals surface area contributed by atoms with Crippen molar-refractivity contribution in [3.05, 3.63) is 27.1 Å². The predicted octanol–water partition coefficient (Wildman–Crippen LogP) is 1.51. The van der Waals surface area contributed by atoms with Gasteiger partial charge in [0.05, 0.1) is 18.4 Å². The highest BCUT2D eigenvalue weighted by Crippen LogP contribution is 2.32. The Kier molecular flexibility index (Phi) is 3.54. The molecule has 1 fully saturated rings. The van der Waals surface area contributed by atoms with Crippen molar-refractivity contribution in [3.63, 3.8) is 0 Å². The minimum Gasteiger partial charge on any atom is -0.481 e. The number of hydrogen-bond donors (Lipinski definition) is 2. The third-order valence-electron chi connectivity index (χ3n) is 3.47. The van der Waals surface area contributed by atoms with Crippen molar-refractivity contribution >= 4 is 27.5 Å². The molecule has 1 atom stereocenters. The summed E-state index contributed by atoms with van der Waals surface area (Å²) in [5, 5.41) is 11.3. The number of rotatable bonds is 4. The molecule has 0 bridgehead atoms. The van der Waals surface area contributed by atoms with E-state index in [0.717, 1.165) is 18.6 Å². The van der Waals surface area contributed by atoms with Crippen molar-refractivity contribution in [2.24, 2.45) is 0 Å². The fourth-order valence-corrected chi connectivity index (χ4v) is 3.48. The van der Waals surface area contributed by atoms with Crippen LogP contribution in [-0.4, -0.2) is 34.3 Å². The lowest BCUT2D eigenvalue weighted by molar-refractivity contribution is -0.137. The van der Waals surface area contributed by atoms with Gasteiger partial charge in [0, 0.05) is 18.9 Å². The Bertz CT molecular complexity index is 700. The van der Waals surface area contributed by atoms with Crippen LogP contribution < -0.4 is 5.56 Å². The maximum atomic E-state index is 12.2. The van der Waals surface area contributed by atoms with Gasteiger partial charge in [-0.15, -0.1) is 11.3 Å². The molecule has 6 nitrogen and oxygen atoms in total. The lowest BCUT2D eigenvalue weighted by Crippen LogP contribution is -2.14. The van der Waals surface area contributed by atoms with Gasteiger partial charge in [-0.05, 0) is 17.4 Å². The van der Waals surface area contributed by atoms with Crippen molar-refractivity contribution in [2.45, 2.75) is 25.2 Å². The molecule has 2 aromatic heterocycles. The first kappa shape index (κ1) is 13.3. The summed E-state index contributed by atoms with van der Waals surface area (Å²) in [4.78, 5) is 30.5. The summed E-state index contributed by atoms with van der Waals surface area (Å²) >= 11 is 1.43. The van der Waals surface area contributed by atoms with Gasteiger partial charge in [-0.25, -0.2) is 4.98 Å². The van der Waals surface area contributed by atoms with Gasteiger partial charge >= 0.3 is 5.97 Å². The van der Waals surface area contributed by atoms with Crippen LogP contribution >= 0.6 is 11.3 Å². The summed E-state index contributed by atoms with van der Waals surface area (Å²) in [7, 11) is 0. The smallest absolute Gasteiger partial charge is 0.303 e. The second-order valence-electron chi connectivity index (χ2n) is 4.84. The van der Waals surface area contributed by atoms with E-state index >= 15 is 0 Å². The van der Waals surface area contributed by atoms with E-state index in [2.05, 4.69) is 9.97 Å². The van der Waals surface area contributed by atoms with Gasteiger partial charge in [0.15, 0.2) is 0 Å². The Labute approximate surface area is 118 Å². The first-order valence-electron chi connectivity index (χ1n) is 6.45. The van der Waals surface area contributed by atoms with Gasteiger partial charge in [-0.1, -0.05) is 0 Å². The molecule has 7 heteroatoms. The summed E-state index contributed by atoms with van der Waals surface area (Å²) in [6.07, 6.45) is 1.12. The van der Waals surface area contributed by atoms with Gasteiger partial charge in [-0.2, -0.15) is 0 Å². The molecule has 3 rings (SSSR count). The number of carboxylic acids is 1. The molecule has 3 heterocycles. The molecular formula is C13H14N2O4S. The summed E-state index contributed by atoms with van der Waals surface area (Å²) in [5.41, 5.74) is 0.819. The highest BCUT2D eigenvalue weighted by molar-refractivity contribution is 7.16. The number of aromatic amines is 1. The summed E-state index contributed by atoms with van der Waals surface area (Å²) in [6, 6.07) is 0. The molecule has 0 amide bonds. The van der Waals surface area contributed by atoms with Gasteiger partial charge in [0.25, 0.3) is 5.56 Å². The highest BCUT2D eigenvalue weighted by Gasteiger charge is 2.23. The van der Waals surface area contributed by atoms with E-state index < -0.39 is 5.97 Å². The van der Waals surface area contributed by atoms with Crippen LogP contribution in [0, 0.1) is 0 Å². The van der Waals surface area contributed by atoms with Crippen molar-refractivity contribution in [2.75, 3.05) is 13.2 Å². The van der Waals surface area contributed by atoms with Crippen LogP contribution in [0.1, 0.15) is 30.1 Å². The standard InChI is InChI=1S/C13H14N2O4S/c16-10(17)2-1-9-14-12(18)11-8(6-20-13(11)15-9)7-3-4-19-5-7/h6-7H,1-5H2,(H,16,17)(H,14,15,18). The van der Waals surface area contributed by atoms with Gasteiger partial charge < -0.3 is 14.8 Å². The van der Waals surface area contributed by atoms with Gasteiger partial charge in [0.1, 0.15) is 10.7 Å². The molecule has 0 spiro atoms. The van der Waals surface area contributed by atoms with E-state index in [-0.39, 0.29) is 24.3 Å². The van der Waals surface area contributed by atoms with Crippen LogP contribution in [-0.2, 0) is 16.0 Å². The monoisotopic (exact) mass is 294 g/mol. The number of thiophene rings is 1. The van der Waals surface area contributed by atoms with Crippen molar-refractivity contribution in [3.8, 4) is 0 Å². The van der Waals surface area contributed by atoms with Crippen molar-refractivity contribution in [1.82, 2.24) is 9.97 Å². The summed E-state index contributed by atoms with van der Waals surface area (Å²) in [5.74, 6) is -0.208. The van der Waals surface area contributed by atoms with Crippen molar-refractivity contribution < 1.29 is 14.6 Å². The molecule has 1 aliphatic heterocycles. The van der Waals surface area contributed by atoms with E-state index in [1.807, 2.05) is 5.38 Å². The Morgan fingerprint density at radius 1 is 1.60 bits per heavy atom. The number of nitrogens with zero attached hydrogens (tertiary/aromatic N) is 1. The van der Waals surface area contributed by atoms with Gasteiger partial charge in [0.2, 0.25) is 0 Å². The number of aryl methyl sites for hydroxylation is 1. The molecule has 106 valence electrons. The van der Waals surface area contributed by atoms with Crippen LogP contribution in [0.4, 0.5) is 0 Å². The number of aliphatic carboxylic acids is 1. The molecule has 2 N–H and O–H groups in total. The third kappa shape index (κ3) is 2.46. The number of aromatic nitrogens is 2. The Balaban J connectivity index is 1.97. The third-order valence-corrected chi connectivity index (χ3v) is 4.36. The first-order valence-corrected chi connectivity index (χ1v) is 7.33. The minimum absolute atomic E-state index is 0.0385. The largest absolute Gasteiger partial charge is 0.481 e. The Morgan fingerprint density at radius 3 is 3.15 bits per heavy atom. The maximum absolute atomic E-state index is 12.2. The number of ether oxygens (including phenoxy) is 1. The summed E-state index contributed by atoms with van der Waals surface area (Å²) in [6.45, 7) is 1.37. The molecule has 0 radical (unpaired) electrons. The minimum atomic E-state index is -0.900. The lowest BCUT2D eigenvalue weighted by atomic mass is 9.99. The zero-order valence-corrected chi connectivity index (χ0v) is 11.5. The zero-order valence-electron chi connectivity index (χ0n) is 10.7. The Hall–Kier alpha value is -1.73. The van der Waals surface area contributed by atoms with Crippen LogP contribution in [0.3, 0.4) is 0 Å². The van der Waals surface area contributed by atoms with Gasteiger partial charge in [-0.3, -0.25) is 9.59 Å². The predicted molar refractivity (Wildman–Crippen MR) is 74.4 cm³/mol. The van der Waals surface area contributed by atoms with Crippen LogP contribution in [0.25, 0.3) is 10.2 Å². The van der Waals surface area contributed by atoms with Crippen LogP contribution in [0.15, 0.2) is 10.2 Å². The highest BCUT2D eigenvalue weighted by atomic mass is 32.1. The maximum Gasteiger partial charge on any atom is 0.303 e.